The zero-order valence-corrected chi connectivity index (χ0v) is 13.1. The fourth-order valence-corrected chi connectivity index (χ4v) is 1.96. The fraction of sp³-hybridized carbons (Fsp3) is 0. The van der Waals surface area contributed by atoms with Crippen molar-refractivity contribution in [3.8, 4) is 17.6 Å². The number of hydrogen-bond acceptors (Lipinski definition) is 5. The van der Waals surface area contributed by atoms with E-state index in [4.69, 9.17) is 5.26 Å². The summed E-state index contributed by atoms with van der Waals surface area (Å²) in [4.78, 5) is 11.8. The number of allylic oxidation sites excluding steroid dienone is 3. The third-order valence-corrected chi connectivity index (χ3v) is 3.19. The Bertz CT molecular complexity index is 918. The number of phenols is 2. The smallest absolute Gasteiger partial charge is 0.182 e. The van der Waals surface area contributed by atoms with E-state index in [0.29, 0.717) is 11.1 Å². The van der Waals surface area contributed by atoms with Crippen molar-refractivity contribution in [2.24, 2.45) is 0 Å². The van der Waals surface area contributed by atoms with Gasteiger partial charge in [0.15, 0.2) is 17.3 Å². The van der Waals surface area contributed by atoms with Crippen LogP contribution in [-0.4, -0.2) is 21.1 Å². The molecule has 0 saturated carbocycles. The second kappa shape index (κ2) is 8.18. The van der Waals surface area contributed by atoms with E-state index >= 15 is 0 Å². The predicted molar refractivity (Wildman–Crippen MR) is 94.7 cm³/mol. The number of carbonyl (C=O) groups is 1. The Morgan fingerprint density at radius 3 is 2.40 bits per heavy atom. The first-order valence-electron chi connectivity index (χ1n) is 7.31. The summed E-state index contributed by atoms with van der Waals surface area (Å²) in [6.45, 7) is 0. The van der Waals surface area contributed by atoms with Crippen molar-refractivity contribution in [3.05, 3.63) is 83.1 Å². The van der Waals surface area contributed by atoms with Crippen LogP contribution in [0.2, 0.25) is 0 Å². The Morgan fingerprint density at radius 1 is 0.960 bits per heavy atom. The minimum absolute atomic E-state index is 0.231. The Kier molecular flexibility index (Phi) is 5.75. The molecule has 0 aliphatic rings. The third kappa shape index (κ3) is 5.41. The summed E-state index contributed by atoms with van der Waals surface area (Å²) in [5.74, 6) is -1.20. The average Bonchev–Trinajstić information content (AvgIpc) is 2.61. The minimum Gasteiger partial charge on any atom is -0.508 e. The van der Waals surface area contributed by atoms with E-state index < -0.39 is 5.78 Å². The molecule has 0 saturated heterocycles. The number of phenolic OH excluding ortho intramolecular Hbond substituents is 2. The number of hydrogen-bond donors (Lipinski definition) is 3. The van der Waals surface area contributed by atoms with Gasteiger partial charge in [0.2, 0.25) is 0 Å². The molecule has 5 nitrogen and oxygen atoms in total. The van der Waals surface area contributed by atoms with E-state index in [1.54, 1.807) is 30.3 Å². The highest BCUT2D eigenvalue weighted by atomic mass is 16.3. The summed E-state index contributed by atoms with van der Waals surface area (Å²) < 4.78 is 0. The van der Waals surface area contributed by atoms with E-state index in [9.17, 15) is 20.1 Å². The molecule has 2 rings (SSSR count). The quantitative estimate of drug-likeness (QED) is 0.335. The summed E-state index contributed by atoms with van der Waals surface area (Å²) in [6, 6.07) is 13.0. The van der Waals surface area contributed by atoms with Gasteiger partial charge in [-0.2, -0.15) is 5.26 Å². The second-order valence-electron chi connectivity index (χ2n) is 5.12. The number of nitrogens with zero attached hydrogens (tertiary/aromatic N) is 1. The van der Waals surface area contributed by atoms with E-state index in [1.807, 2.05) is 6.07 Å². The van der Waals surface area contributed by atoms with Gasteiger partial charge in [-0.05, 0) is 47.5 Å². The number of aliphatic hydroxyl groups excluding tert-OH is 1. The van der Waals surface area contributed by atoms with Gasteiger partial charge in [0.05, 0.1) is 11.6 Å². The second-order valence-corrected chi connectivity index (χ2v) is 5.12. The lowest BCUT2D eigenvalue weighted by Crippen LogP contribution is -1.88. The van der Waals surface area contributed by atoms with Crippen molar-refractivity contribution in [2.45, 2.75) is 0 Å². The minimum atomic E-state index is -0.444. The van der Waals surface area contributed by atoms with Gasteiger partial charge in [0.25, 0.3) is 0 Å². The average molecular weight is 333 g/mol. The number of nitriles is 1. The molecule has 5 heteroatoms. The monoisotopic (exact) mass is 333 g/mol. The summed E-state index contributed by atoms with van der Waals surface area (Å²) in [5.41, 5.74) is 1.75. The Hall–Kier alpha value is -3.78. The van der Waals surface area contributed by atoms with Gasteiger partial charge in [-0.1, -0.05) is 30.4 Å². The third-order valence-electron chi connectivity index (χ3n) is 3.19. The van der Waals surface area contributed by atoms with E-state index in [0.717, 1.165) is 11.6 Å². The molecule has 0 heterocycles. The first-order chi connectivity index (χ1) is 12.0. The van der Waals surface area contributed by atoms with Crippen LogP contribution in [0.5, 0.6) is 11.5 Å². The van der Waals surface area contributed by atoms with E-state index in [1.165, 1.54) is 36.4 Å². The number of rotatable bonds is 5. The molecule has 0 amide bonds. The first-order valence-corrected chi connectivity index (χ1v) is 7.31. The first kappa shape index (κ1) is 17.6. The zero-order chi connectivity index (χ0) is 18.2. The summed E-state index contributed by atoms with van der Waals surface area (Å²) in [7, 11) is 0. The maximum atomic E-state index is 11.8. The standard InChI is InChI=1S/C20H15NO4/c21-13-16-3-1-2-14(10-16)4-7-17(22)12-18(23)8-5-15-6-9-19(24)20(25)11-15/h1-12,22,24-25H/b7-4+,8-5+,17-12-. The summed E-state index contributed by atoms with van der Waals surface area (Å²) in [6.07, 6.45) is 6.66. The van der Waals surface area contributed by atoms with Gasteiger partial charge in [0, 0.05) is 6.08 Å². The Morgan fingerprint density at radius 2 is 1.68 bits per heavy atom. The van der Waals surface area contributed by atoms with Crippen LogP contribution in [0.4, 0.5) is 0 Å². The SMILES string of the molecule is N#Cc1cccc(/C=C/C(O)=C/C(=O)/C=C/c2ccc(O)c(O)c2)c1. The molecule has 0 aliphatic heterocycles. The van der Waals surface area contributed by atoms with Crippen LogP contribution < -0.4 is 0 Å². The van der Waals surface area contributed by atoms with Crippen LogP contribution in [0.25, 0.3) is 12.2 Å². The van der Waals surface area contributed by atoms with Crippen molar-refractivity contribution in [3.63, 3.8) is 0 Å². The van der Waals surface area contributed by atoms with Crippen LogP contribution in [-0.2, 0) is 4.79 Å². The lowest BCUT2D eigenvalue weighted by atomic mass is 10.1. The lowest BCUT2D eigenvalue weighted by Gasteiger charge is -1.98. The summed E-state index contributed by atoms with van der Waals surface area (Å²) in [5, 5.41) is 37.2. The molecule has 0 unspecified atom stereocenters. The molecular formula is C20H15NO4. The number of carbonyl (C=O) groups excluding carboxylic acids is 1. The molecular weight excluding hydrogens is 318 g/mol. The largest absolute Gasteiger partial charge is 0.508 e. The molecule has 124 valence electrons. The van der Waals surface area contributed by atoms with Crippen molar-refractivity contribution in [1.29, 1.82) is 5.26 Å². The predicted octanol–water partition coefficient (Wildman–Crippen LogP) is 3.71. The van der Waals surface area contributed by atoms with Crippen molar-refractivity contribution >= 4 is 17.9 Å². The molecule has 0 aromatic heterocycles. The van der Waals surface area contributed by atoms with Crippen molar-refractivity contribution in [2.75, 3.05) is 0 Å². The number of ketones is 1. The highest BCUT2D eigenvalue weighted by Crippen LogP contribution is 2.25. The fourth-order valence-electron chi connectivity index (χ4n) is 1.96. The maximum absolute atomic E-state index is 11.8. The highest BCUT2D eigenvalue weighted by Gasteiger charge is 1.99. The number of benzene rings is 2. The summed E-state index contributed by atoms with van der Waals surface area (Å²) >= 11 is 0. The Balaban J connectivity index is 2.04. The molecule has 2 aromatic rings. The van der Waals surface area contributed by atoms with Crippen LogP contribution in [0.15, 0.2) is 66.5 Å². The van der Waals surface area contributed by atoms with E-state index in [-0.39, 0.29) is 17.3 Å². The van der Waals surface area contributed by atoms with Crippen LogP contribution in [0, 0.1) is 11.3 Å². The maximum Gasteiger partial charge on any atom is 0.182 e. The molecule has 3 N–H and O–H groups in total. The zero-order valence-electron chi connectivity index (χ0n) is 13.1. The highest BCUT2D eigenvalue weighted by molar-refractivity contribution is 6.02. The molecule has 25 heavy (non-hydrogen) atoms. The van der Waals surface area contributed by atoms with Crippen LogP contribution in [0.1, 0.15) is 16.7 Å². The molecule has 2 aromatic carbocycles. The van der Waals surface area contributed by atoms with Gasteiger partial charge in [-0.15, -0.1) is 0 Å². The number of aliphatic hydroxyl groups is 1. The molecule has 0 radical (unpaired) electrons. The molecule has 0 bridgehead atoms. The van der Waals surface area contributed by atoms with Crippen molar-refractivity contribution < 1.29 is 20.1 Å². The normalized spacial score (nSPS) is 11.7. The lowest BCUT2D eigenvalue weighted by molar-refractivity contribution is -0.110. The molecule has 0 atom stereocenters. The molecule has 0 fully saturated rings. The number of aromatic hydroxyl groups is 2. The van der Waals surface area contributed by atoms with Gasteiger partial charge >= 0.3 is 0 Å². The van der Waals surface area contributed by atoms with Gasteiger partial charge in [-0.3, -0.25) is 4.79 Å². The van der Waals surface area contributed by atoms with E-state index in [2.05, 4.69) is 0 Å². The Labute approximate surface area is 144 Å². The van der Waals surface area contributed by atoms with Crippen LogP contribution >= 0.6 is 0 Å². The molecule has 0 aliphatic carbocycles. The van der Waals surface area contributed by atoms with Crippen molar-refractivity contribution in [1.82, 2.24) is 0 Å². The van der Waals surface area contributed by atoms with Gasteiger partial charge in [-0.25, -0.2) is 0 Å². The van der Waals surface area contributed by atoms with Gasteiger partial charge in [0.1, 0.15) is 5.76 Å². The van der Waals surface area contributed by atoms with Crippen LogP contribution in [0.3, 0.4) is 0 Å². The van der Waals surface area contributed by atoms with Gasteiger partial charge < -0.3 is 15.3 Å². The molecule has 0 spiro atoms. The topological polar surface area (TPSA) is 102 Å².